The number of carbonyl (C=O) groups is 1. The zero-order valence-corrected chi connectivity index (χ0v) is 16.3. The van der Waals surface area contributed by atoms with Crippen molar-refractivity contribution in [1.29, 1.82) is 0 Å². The maximum absolute atomic E-state index is 13.0. The van der Waals surface area contributed by atoms with Gasteiger partial charge in [0.25, 0.3) is 0 Å². The number of pyridine rings is 1. The van der Waals surface area contributed by atoms with Gasteiger partial charge in [0.2, 0.25) is 5.43 Å². The summed E-state index contributed by atoms with van der Waals surface area (Å²) < 4.78 is 10.3. The van der Waals surface area contributed by atoms with Gasteiger partial charge in [0.1, 0.15) is 11.3 Å². The predicted molar refractivity (Wildman–Crippen MR) is 108 cm³/mol. The standard InChI is InChI=1S/C21H21NO4S/c1-4-26-21(24)17-19(23)16-7-5-6-13(2)18(16)22-20(17)27-12-14-8-10-15(25-3)11-9-14/h5-11H,4,12H2,1-3H3,(H,22,23). The van der Waals surface area contributed by atoms with Crippen LogP contribution in [-0.4, -0.2) is 24.7 Å². The monoisotopic (exact) mass is 383 g/mol. The predicted octanol–water partition coefficient (Wildman–Crippen LogP) is 4.31. The molecule has 1 heterocycles. The molecule has 0 spiro atoms. The minimum absolute atomic E-state index is 0.0634. The number of benzene rings is 2. The first-order valence-corrected chi connectivity index (χ1v) is 9.62. The molecule has 0 saturated heterocycles. The van der Waals surface area contributed by atoms with Gasteiger partial charge in [0.15, 0.2) is 0 Å². The van der Waals surface area contributed by atoms with E-state index in [4.69, 9.17) is 9.47 Å². The molecule has 0 bridgehead atoms. The quantitative estimate of drug-likeness (QED) is 0.507. The first-order chi connectivity index (χ1) is 13.0. The number of aryl methyl sites for hydroxylation is 1. The fourth-order valence-electron chi connectivity index (χ4n) is 2.81. The molecule has 0 aliphatic heterocycles. The second-order valence-corrected chi connectivity index (χ2v) is 7.00. The number of aromatic nitrogens is 1. The number of para-hydroxylation sites is 1. The van der Waals surface area contributed by atoms with E-state index in [9.17, 15) is 9.59 Å². The van der Waals surface area contributed by atoms with Gasteiger partial charge in [-0.05, 0) is 43.2 Å². The Hall–Kier alpha value is -2.73. The Labute approximate surface area is 161 Å². The molecule has 0 unspecified atom stereocenters. The summed E-state index contributed by atoms with van der Waals surface area (Å²) in [7, 11) is 1.62. The lowest BCUT2D eigenvalue weighted by atomic mass is 10.1. The number of ether oxygens (including phenoxy) is 2. The summed E-state index contributed by atoms with van der Waals surface area (Å²) in [5.74, 6) is 0.786. The summed E-state index contributed by atoms with van der Waals surface area (Å²) in [5, 5.41) is 1.02. The number of H-pyrrole nitrogens is 1. The van der Waals surface area contributed by atoms with Crippen molar-refractivity contribution in [3.8, 4) is 5.75 Å². The minimum atomic E-state index is -0.598. The van der Waals surface area contributed by atoms with Crippen LogP contribution in [0.3, 0.4) is 0 Å². The Morgan fingerprint density at radius 1 is 1.15 bits per heavy atom. The second kappa shape index (κ2) is 8.31. The SMILES string of the molecule is CCOC(=O)c1c(SCc2ccc(OC)cc2)[nH]c2c(C)cccc2c1=O. The molecule has 140 valence electrons. The van der Waals surface area contributed by atoms with Gasteiger partial charge in [-0.2, -0.15) is 0 Å². The zero-order valence-electron chi connectivity index (χ0n) is 15.5. The van der Waals surface area contributed by atoms with Gasteiger partial charge in [-0.15, -0.1) is 11.8 Å². The molecule has 0 atom stereocenters. The molecule has 0 radical (unpaired) electrons. The van der Waals surface area contributed by atoms with Crippen LogP contribution in [0, 0.1) is 6.92 Å². The number of carbonyl (C=O) groups excluding carboxylic acids is 1. The number of methoxy groups -OCH3 is 1. The van der Waals surface area contributed by atoms with E-state index >= 15 is 0 Å². The van der Waals surface area contributed by atoms with E-state index in [-0.39, 0.29) is 17.6 Å². The van der Waals surface area contributed by atoms with Gasteiger partial charge in [0.05, 0.1) is 24.3 Å². The number of rotatable bonds is 6. The van der Waals surface area contributed by atoms with Gasteiger partial charge in [-0.3, -0.25) is 4.79 Å². The summed E-state index contributed by atoms with van der Waals surface area (Å²) >= 11 is 1.41. The van der Waals surface area contributed by atoms with Crippen molar-refractivity contribution >= 4 is 28.6 Å². The smallest absolute Gasteiger partial charge is 0.344 e. The molecule has 3 rings (SSSR count). The maximum Gasteiger partial charge on any atom is 0.344 e. The molecule has 1 aromatic heterocycles. The van der Waals surface area contributed by atoms with E-state index in [1.165, 1.54) is 11.8 Å². The number of hydrogen-bond donors (Lipinski definition) is 1. The number of fused-ring (bicyclic) bond motifs is 1. The largest absolute Gasteiger partial charge is 0.497 e. The Kier molecular flexibility index (Phi) is 5.86. The molecule has 6 heteroatoms. The van der Waals surface area contributed by atoms with E-state index in [0.717, 1.165) is 22.4 Å². The Morgan fingerprint density at radius 3 is 2.56 bits per heavy atom. The van der Waals surface area contributed by atoms with Crippen LogP contribution in [0.15, 0.2) is 52.3 Å². The molecule has 0 amide bonds. The lowest BCUT2D eigenvalue weighted by molar-refractivity contribution is 0.0520. The highest BCUT2D eigenvalue weighted by Crippen LogP contribution is 2.27. The summed E-state index contributed by atoms with van der Waals surface area (Å²) in [5.41, 5.74) is 2.51. The van der Waals surface area contributed by atoms with Crippen molar-refractivity contribution in [2.75, 3.05) is 13.7 Å². The van der Waals surface area contributed by atoms with E-state index in [1.54, 1.807) is 20.1 Å². The highest BCUT2D eigenvalue weighted by Gasteiger charge is 2.21. The van der Waals surface area contributed by atoms with E-state index in [0.29, 0.717) is 16.2 Å². The fraction of sp³-hybridized carbons (Fsp3) is 0.238. The lowest BCUT2D eigenvalue weighted by Crippen LogP contribution is -2.20. The van der Waals surface area contributed by atoms with Crippen molar-refractivity contribution in [1.82, 2.24) is 4.98 Å². The highest BCUT2D eigenvalue weighted by molar-refractivity contribution is 7.98. The zero-order chi connectivity index (χ0) is 19.4. The normalized spacial score (nSPS) is 10.8. The third-order valence-corrected chi connectivity index (χ3v) is 5.30. The van der Waals surface area contributed by atoms with Gasteiger partial charge in [-0.1, -0.05) is 24.3 Å². The third-order valence-electron chi connectivity index (χ3n) is 4.23. The lowest BCUT2D eigenvalue weighted by Gasteiger charge is -2.12. The van der Waals surface area contributed by atoms with Crippen LogP contribution >= 0.6 is 11.8 Å². The second-order valence-electron chi connectivity index (χ2n) is 6.01. The maximum atomic E-state index is 13.0. The average molecular weight is 383 g/mol. The number of esters is 1. The van der Waals surface area contributed by atoms with Crippen LogP contribution in [0.5, 0.6) is 5.75 Å². The molecule has 1 N–H and O–H groups in total. The molecular formula is C21H21NO4S. The van der Waals surface area contributed by atoms with Crippen LogP contribution in [0.25, 0.3) is 10.9 Å². The van der Waals surface area contributed by atoms with Crippen molar-refractivity contribution < 1.29 is 14.3 Å². The Balaban J connectivity index is 2.03. The van der Waals surface area contributed by atoms with Crippen LogP contribution in [0.4, 0.5) is 0 Å². The van der Waals surface area contributed by atoms with Crippen molar-refractivity contribution in [2.45, 2.75) is 24.6 Å². The number of hydrogen-bond acceptors (Lipinski definition) is 5. The molecule has 0 aliphatic rings. The third kappa shape index (κ3) is 4.01. The molecule has 0 fully saturated rings. The molecular weight excluding hydrogens is 362 g/mol. The summed E-state index contributed by atoms with van der Waals surface area (Å²) in [6, 6.07) is 13.2. The van der Waals surface area contributed by atoms with Crippen LogP contribution in [-0.2, 0) is 10.5 Å². The van der Waals surface area contributed by atoms with Crippen molar-refractivity contribution in [3.05, 3.63) is 69.4 Å². The van der Waals surface area contributed by atoms with Crippen LogP contribution < -0.4 is 10.2 Å². The molecule has 5 nitrogen and oxygen atoms in total. The first kappa shape index (κ1) is 19.0. The summed E-state index contributed by atoms with van der Waals surface area (Å²) in [6.45, 7) is 3.87. The molecule has 0 saturated carbocycles. The Morgan fingerprint density at radius 2 is 1.89 bits per heavy atom. The Bertz CT molecular complexity index is 1020. The number of nitrogens with one attached hydrogen (secondary N) is 1. The number of aromatic amines is 1. The van der Waals surface area contributed by atoms with Gasteiger partial charge in [0, 0.05) is 11.1 Å². The summed E-state index contributed by atoms with van der Waals surface area (Å²) in [6.07, 6.45) is 0. The van der Waals surface area contributed by atoms with Gasteiger partial charge < -0.3 is 14.5 Å². The van der Waals surface area contributed by atoms with Crippen LogP contribution in [0.2, 0.25) is 0 Å². The molecule has 27 heavy (non-hydrogen) atoms. The topological polar surface area (TPSA) is 68.4 Å². The van der Waals surface area contributed by atoms with Crippen molar-refractivity contribution in [2.24, 2.45) is 0 Å². The van der Waals surface area contributed by atoms with Crippen molar-refractivity contribution in [3.63, 3.8) is 0 Å². The summed E-state index contributed by atoms with van der Waals surface area (Å²) in [4.78, 5) is 28.7. The van der Waals surface area contributed by atoms with Gasteiger partial charge in [-0.25, -0.2) is 4.79 Å². The van der Waals surface area contributed by atoms with E-state index in [2.05, 4.69) is 4.98 Å². The minimum Gasteiger partial charge on any atom is -0.497 e. The highest BCUT2D eigenvalue weighted by atomic mass is 32.2. The first-order valence-electron chi connectivity index (χ1n) is 8.63. The van der Waals surface area contributed by atoms with Gasteiger partial charge >= 0.3 is 5.97 Å². The average Bonchev–Trinajstić information content (AvgIpc) is 2.67. The number of thioether (sulfide) groups is 1. The molecule has 3 aromatic rings. The molecule has 2 aromatic carbocycles. The fourth-order valence-corrected chi connectivity index (χ4v) is 3.81. The van der Waals surface area contributed by atoms with E-state index in [1.807, 2.05) is 43.3 Å². The molecule has 0 aliphatic carbocycles. The van der Waals surface area contributed by atoms with E-state index < -0.39 is 5.97 Å². The van der Waals surface area contributed by atoms with Crippen LogP contribution in [0.1, 0.15) is 28.4 Å².